The number of carbonyl (C=O) groups is 1. The molecule has 4 heteroatoms. The number of amides is 1. The van der Waals surface area contributed by atoms with Gasteiger partial charge in [0.25, 0.3) is 0 Å². The first-order chi connectivity index (χ1) is 12.2. The molecule has 1 N–H and O–H groups in total. The number of fused-ring (bicyclic) bond motifs is 1. The highest BCUT2D eigenvalue weighted by atomic mass is 16.5. The molecule has 3 aliphatic rings. The van der Waals surface area contributed by atoms with Crippen LogP contribution in [-0.4, -0.2) is 24.2 Å². The van der Waals surface area contributed by atoms with Crippen LogP contribution < -0.4 is 10.1 Å². The molecule has 136 valence electrons. The lowest BCUT2D eigenvalue weighted by Crippen LogP contribution is -2.47. The van der Waals surface area contributed by atoms with Crippen molar-refractivity contribution in [1.82, 2.24) is 5.32 Å². The zero-order valence-corrected chi connectivity index (χ0v) is 15.1. The van der Waals surface area contributed by atoms with Crippen LogP contribution >= 0.6 is 0 Å². The van der Waals surface area contributed by atoms with Gasteiger partial charge in [0.2, 0.25) is 5.91 Å². The molecular weight excluding hydrogens is 314 g/mol. The van der Waals surface area contributed by atoms with Crippen molar-refractivity contribution in [3.63, 3.8) is 0 Å². The summed E-state index contributed by atoms with van der Waals surface area (Å²) >= 11 is 0. The fourth-order valence-electron chi connectivity index (χ4n) is 4.88. The first-order valence-corrected chi connectivity index (χ1v) is 9.88. The molecule has 4 rings (SSSR count). The van der Waals surface area contributed by atoms with Crippen molar-refractivity contribution < 1.29 is 14.3 Å². The van der Waals surface area contributed by atoms with Crippen molar-refractivity contribution >= 4 is 5.91 Å². The number of hydrogen-bond acceptors (Lipinski definition) is 3. The highest BCUT2D eigenvalue weighted by Crippen LogP contribution is 2.43. The molecule has 0 spiro atoms. The third kappa shape index (κ3) is 3.84. The second-order valence-corrected chi connectivity index (χ2v) is 7.90. The van der Waals surface area contributed by atoms with Gasteiger partial charge >= 0.3 is 0 Å². The average Bonchev–Trinajstić information content (AvgIpc) is 3.26. The molecule has 3 fully saturated rings. The van der Waals surface area contributed by atoms with Crippen LogP contribution in [0.1, 0.15) is 70.0 Å². The molecule has 0 bridgehead atoms. The Bertz CT molecular complexity index is 611. The average molecular weight is 343 g/mol. The van der Waals surface area contributed by atoms with Gasteiger partial charge in [0.05, 0.1) is 18.3 Å². The number of carbonyl (C=O) groups excluding carboxylic acids is 1. The van der Waals surface area contributed by atoms with E-state index >= 15 is 0 Å². The van der Waals surface area contributed by atoms with Gasteiger partial charge in [-0.2, -0.15) is 0 Å². The highest BCUT2D eigenvalue weighted by molar-refractivity contribution is 5.73. The molecule has 25 heavy (non-hydrogen) atoms. The van der Waals surface area contributed by atoms with Gasteiger partial charge in [-0.3, -0.25) is 4.79 Å². The zero-order valence-electron chi connectivity index (χ0n) is 15.1. The Morgan fingerprint density at radius 3 is 2.80 bits per heavy atom. The van der Waals surface area contributed by atoms with E-state index in [-0.39, 0.29) is 24.2 Å². The predicted octanol–water partition coefficient (Wildman–Crippen LogP) is 4.14. The summed E-state index contributed by atoms with van der Waals surface area (Å²) in [4.78, 5) is 11.6. The van der Waals surface area contributed by atoms with Crippen LogP contribution in [0.15, 0.2) is 24.3 Å². The summed E-state index contributed by atoms with van der Waals surface area (Å²) in [5.41, 5.74) is 1.18. The van der Waals surface area contributed by atoms with Crippen LogP contribution in [0.2, 0.25) is 0 Å². The Labute approximate surface area is 150 Å². The molecule has 0 aromatic heterocycles. The molecule has 4 nitrogen and oxygen atoms in total. The quantitative estimate of drug-likeness (QED) is 0.894. The van der Waals surface area contributed by atoms with Gasteiger partial charge in [0.15, 0.2) is 0 Å². The highest BCUT2D eigenvalue weighted by Gasteiger charge is 2.42. The monoisotopic (exact) mass is 343 g/mol. The van der Waals surface area contributed by atoms with Gasteiger partial charge in [0.1, 0.15) is 5.75 Å². The number of benzene rings is 1. The second-order valence-electron chi connectivity index (χ2n) is 7.90. The van der Waals surface area contributed by atoms with Crippen molar-refractivity contribution in [3.05, 3.63) is 29.8 Å². The Balaban J connectivity index is 1.49. The summed E-state index contributed by atoms with van der Waals surface area (Å²) in [5.74, 6) is 1.49. The van der Waals surface area contributed by atoms with Gasteiger partial charge in [-0.15, -0.1) is 0 Å². The fraction of sp³-hybridized carbons (Fsp3) is 0.667. The Morgan fingerprint density at radius 2 is 2.00 bits per heavy atom. The Hall–Kier alpha value is -1.55. The summed E-state index contributed by atoms with van der Waals surface area (Å²) in [6.07, 6.45) is 9.89. The van der Waals surface area contributed by atoms with E-state index in [0.29, 0.717) is 12.0 Å². The molecule has 0 unspecified atom stereocenters. The smallest absolute Gasteiger partial charge is 0.217 e. The standard InChI is InChI=1S/C21H29NO3/c1-14(23)22-19-13-21(25-20-11-5-10-18(19)20)15-6-4-9-17(12-15)24-16-7-2-3-8-16/h4,6,9,12,16,18-21H,2-3,5,7-8,10-11,13H2,1H3,(H,22,23)/t18-,19+,20+,21+/m0/s1. The molecule has 2 aliphatic carbocycles. The first-order valence-electron chi connectivity index (χ1n) is 9.88. The van der Waals surface area contributed by atoms with E-state index in [4.69, 9.17) is 9.47 Å². The molecule has 1 amide bonds. The third-order valence-corrected chi connectivity index (χ3v) is 6.05. The van der Waals surface area contributed by atoms with Crippen LogP contribution in [-0.2, 0) is 9.53 Å². The zero-order chi connectivity index (χ0) is 17.2. The maximum Gasteiger partial charge on any atom is 0.217 e. The van der Waals surface area contributed by atoms with E-state index in [1.807, 2.05) is 6.07 Å². The van der Waals surface area contributed by atoms with Gasteiger partial charge in [-0.25, -0.2) is 0 Å². The van der Waals surface area contributed by atoms with E-state index in [2.05, 4.69) is 23.5 Å². The van der Waals surface area contributed by atoms with E-state index in [1.54, 1.807) is 6.92 Å². The van der Waals surface area contributed by atoms with Gasteiger partial charge in [0, 0.05) is 18.9 Å². The summed E-state index contributed by atoms with van der Waals surface area (Å²) in [6.45, 7) is 1.62. The molecule has 1 aromatic carbocycles. The molecule has 2 saturated carbocycles. The van der Waals surface area contributed by atoms with Gasteiger partial charge in [-0.1, -0.05) is 18.6 Å². The SMILES string of the molecule is CC(=O)N[C@@H]1C[C@H](c2cccc(OC3CCCC3)c2)O[C@@H]2CCC[C@@H]12. The largest absolute Gasteiger partial charge is 0.490 e. The molecule has 1 heterocycles. The topological polar surface area (TPSA) is 47.6 Å². The Kier molecular flexibility index (Phi) is 4.98. The van der Waals surface area contributed by atoms with Crippen molar-refractivity contribution in [3.8, 4) is 5.75 Å². The van der Waals surface area contributed by atoms with E-state index in [1.165, 1.54) is 37.7 Å². The van der Waals surface area contributed by atoms with Crippen LogP contribution in [0.3, 0.4) is 0 Å². The van der Waals surface area contributed by atoms with Crippen LogP contribution in [0.5, 0.6) is 5.75 Å². The lowest BCUT2D eigenvalue weighted by Gasteiger charge is -2.39. The minimum absolute atomic E-state index is 0.0447. The van der Waals surface area contributed by atoms with E-state index in [0.717, 1.165) is 25.0 Å². The molecule has 1 aliphatic heterocycles. The maximum absolute atomic E-state index is 11.6. The predicted molar refractivity (Wildman–Crippen MR) is 96.5 cm³/mol. The molecular formula is C21H29NO3. The summed E-state index contributed by atoms with van der Waals surface area (Å²) in [6, 6.07) is 8.61. The van der Waals surface area contributed by atoms with Crippen LogP contribution in [0, 0.1) is 5.92 Å². The number of ether oxygens (including phenoxy) is 2. The first kappa shape index (κ1) is 16.9. The number of hydrogen-bond donors (Lipinski definition) is 1. The minimum Gasteiger partial charge on any atom is -0.490 e. The van der Waals surface area contributed by atoms with E-state index in [9.17, 15) is 4.79 Å². The van der Waals surface area contributed by atoms with Gasteiger partial charge < -0.3 is 14.8 Å². The normalized spacial score (nSPS) is 32.4. The van der Waals surface area contributed by atoms with Crippen LogP contribution in [0.4, 0.5) is 0 Å². The molecule has 1 aromatic rings. The third-order valence-electron chi connectivity index (χ3n) is 6.05. The lowest BCUT2D eigenvalue weighted by atomic mass is 9.86. The lowest BCUT2D eigenvalue weighted by molar-refractivity contribution is -0.124. The van der Waals surface area contributed by atoms with Gasteiger partial charge in [-0.05, 0) is 62.6 Å². The van der Waals surface area contributed by atoms with Crippen molar-refractivity contribution in [2.75, 3.05) is 0 Å². The molecule has 0 radical (unpaired) electrons. The Morgan fingerprint density at radius 1 is 1.16 bits per heavy atom. The van der Waals surface area contributed by atoms with Crippen molar-refractivity contribution in [1.29, 1.82) is 0 Å². The maximum atomic E-state index is 11.6. The molecule has 1 saturated heterocycles. The number of rotatable bonds is 4. The fourth-order valence-corrected chi connectivity index (χ4v) is 4.88. The summed E-state index contributed by atoms with van der Waals surface area (Å²) in [7, 11) is 0. The second kappa shape index (κ2) is 7.36. The van der Waals surface area contributed by atoms with E-state index < -0.39 is 0 Å². The van der Waals surface area contributed by atoms with Crippen LogP contribution in [0.25, 0.3) is 0 Å². The minimum atomic E-state index is 0.0447. The summed E-state index contributed by atoms with van der Waals surface area (Å²) < 4.78 is 12.6. The van der Waals surface area contributed by atoms with Crippen molar-refractivity contribution in [2.24, 2.45) is 5.92 Å². The summed E-state index contributed by atoms with van der Waals surface area (Å²) in [5, 5.41) is 3.18. The number of nitrogens with one attached hydrogen (secondary N) is 1. The van der Waals surface area contributed by atoms with Crippen molar-refractivity contribution in [2.45, 2.75) is 82.6 Å². The molecule has 4 atom stereocenters.